The Kier molecular flexibility index (Phi) is 9.56. The van der Waals surface area contributed by atoms with Crippen molar-refractivity contribution in [3.63, 3.8) is 0 Å². The number of morpholine rings is 1. The number of carbonyl (C=O) groups excluding carboxylic acids is 1. The van der Waals surface area contributed by atoms with Crippen LogP contribution in [0.1, 0.15) is 17.5 Å². The summed E-state index contributed by atoms with van der Waals surface area (Å²) in [4.78, 5) is 18.9. The van der Waals surface area contributed by atoms with Crippen LogP contribution in [0.15, 0.2) is 96.3 Å². The number of nitrogens with one attached hydrogen (secondary N) is 2. The highest BCUT2D eigenvalue weighted by Gasteiger charge is 2.10. The SMILES string of the molecule is C=C(N=C/C=C(\N)c1ccc(NC(=O)CCc2cccc(Cl)c2)cc1)Nc1ccc(N2CCOCC2)cc1. The number of rotatable bonds is 10. The smallest absolute Gasteiger partial charge is 0.224 e. The highest BCUT2D eigenvalue weighted by Crippen LogP contribution is 2.20. The van der Waals surface area contributed by atoms with E-state index in [4.69, 9.17) is 22.1 Å². The molecule has 0 saturated carbocycles. The van der Waals surface area contributed by atoms with E-state index < -0.39 is 0 Å². The zero-order valence-corrected chi connectivity index (χ0v) is 22.0. The molecule has 3 aromatic carbocycles. The second kappa shape index (κ2) is 13.5. The van der Waals surface area contributed by atoms with E-state index in [1.807, 2.05) is 60.7 Å². The van der Waals surface area contributed by atoms with Gasteiger partial charge in [0.05, 0.1) is 13.2 Å². The van der Waals surface area contributed by atoms with E-state index in [2.05, 4.69) is 39.2 Å². The van der Waals surface area contributed by atoms with Crippen molar-refractivity contribution in [2.24, 2.45) is 10.7 Å². The molecule has 0 spiro atoms. The molecular weight excluding hydrogens is 498 g/mol. The molecule has 0 unspecified atom stereocenters. The quantitative estimate of drug-likeness (QED) is 0.293. The van der Waals surface area contributed by atoms with Crippen LogP contribution < -0.4 is 21.3 Å². The van der Waals surface area contributed by atoms with Gasteiger partial charge in [0, 0.05) is 53.5 Å². The van der Waals surface area contributed by atoms with Crippen molar-refractivity contribution in [3.8, 4) is 0 Å². The minimum absolute atomic E-state index is 0.0601. The van der Waals surface area contributed by atoms with E-state index in [9.17, 15) is 4.79 Å². The van der Waals surface area contributed by atoms with E-state index in [1.54, 1.807) is 12.3 Å². The van der Waals surface area contributed by atoms with Gasteiger partial charge in [-0.25, -0.2) is 4.99 Å². The van der Waals surface area contributed by atoms with Crippen molar-refractivity contribution < 1.29 is 9.53 Å². The molecule has 7 nitrogen and oxygen atoms in total. The third-order valence-corrected chi connectivity index (χ3v) is 6.28. The number of nitrogens with two attached hydrogens (primary N) is 1. The maximum absolute atomic E-state index is 12.3. The predicted octanol–water partition coefficient (Wildman–Crippen LogP) is 5.70. The van der Waals surface area contributed by atoms with E-state index in [1.165, 1.54) is 5.69 Å². The molecule has 0 aliphatic carbocycles. The number of ether oxygens (including phenoxy) is 1. The van der Waals surface area contributed by atoms with Crippen LogP contribution in [0.3, 0.4) is 0 Å². The Bertz CT molecular complexity index is 1300. The summed E-state index contributed by atoms with van der Waals surface area (Å²) in [5.41, 5.74) is 11.4. The average Bonchev–Trinajstić information content (AvgIpc) is 2.93. The standard InChI is InChI=1S/C30H32ClN5O2/c1-22(34-26-10-12-28(13-11-26)36-17-19-38-20-18-36)33-16-15-29(32)24-6-8-27(9-7-24)35-30(37)14-5-23-3-2-4-25(31)21-23/h2-4,6-13,15-16,21,34H,1,5,14,17-20,32H2,(H,35,37)/b29-15-,33-16?. The first-order valence-electron chi connectivity index (χ1n) is 12.5. The van der Waals surface area contributed by atoms with E-state index >= 15 is 0 Å². The van der Waals surface area contributed by atoms with Crippen LogP contribution in [0.4, 0.5) is 17.1 Å². The molecule has 0 atom stereocenters. The maximum Gasteiger partial charge on any atom is 0.224 e. The minimum atomic E-state index is -0.0601. The number of hydrogen-bond acceptors (Lipinski definition) is 6. The first kappa shape index (κ1) is 27.0. The van der Waals surface area contributed by atoms with Crippen molar-refractivity contribution in [1.82, 2.24) is 0 Å². The summed E-state index contributed by atoms with van der Waals surface area (Å²) in [5, 5.41) is 6.76. The Labute approximate surface area is 228 Å². The number of nitrogens with zero attached hydrogens (tertiary/aromatic N) is 2. The van der Waals surface area contributed by atoms with Crippen molar-refractivity contribution >= 4 is 46.5 Å². The highest BCUT2D eigenvalue weighted by atomic mass is 35.5. The van der Waals surface area contributed by atoms with Crippen molar-refractivity contribution in [1.29, 1.82) is 0 Å². The molecule has 0 bridgehead atoms. The summed E-state index contributed by atoms with van der Waals surface area (Å²) in [6.45, 7) is 7.28. The van der Waals surface area contributed by atoms with Crippen LogP contribution in [0, 0.1) is 0 Å². The number of amides is 1. The van der Waals surface area contributed by atoms with Crippen LogP contribution >= 0.6 is 11.6 Å². The molecule has 0 aromatic heterocycles. The maximum atomic E-state index is 12.3. The fourth-order valence-electron chi connectivity index (χ4n) is 4.00. The van der Waals surface area contributed by atoms with Gasteiger partial charge in [0.2, 0.25) is 5.91 Å². The Morgan fingerprint density at radius 1 is 1.03 bits per heavy atom. The summed E-state index contributed by atoms with van der Waals surface area (Å²) >= 11 is 6.00. The summed E-state index contributed by atoms with van der Waals surface area (Å²) in [7, 11) is 0. The molecule has 1 aliphatic heterocycles. The van der Waals surface area contributed by atoms with Crippen LogP contribution in [-0.2, 0) is 16.0 Å². The van der Waals surface area contributed by atoms with Gasteiger partial charge in [-0.3, -0.25) is 4.79 Å². The molecule has 1 aliphatic rings. The summed E-state index contributed by atoms with van der Waals surface area (Å²) in [6.07, 6.45) is 4.32. The second-order valence-electron chi connectivity index (χ2n) is 8.87. The van der Waals surface area contributed by atoms with Crippen molar-refractivity contribution in [2.75, 3.05) is 41.8 Å². The van der Waals surface area contributed by atoms with Gasteiger partial charge in [-0.05, 0) is 72.2 Å². The molecule has 1 saturated heterocycles. The fraction of sp³-hybridized carbons (Fsp3) is 0.200. The monoisotopic (exact) mass is 529 g/mol. The highest BCUT2D eigenvalue weighted by molar-refractivity contribution is 6.30. The number of allylic oxidation sites excluding steroid dienone is 1. The summed E-state index contributed by atoms with van der Waals surface area (Å²) in [5.74, 6) is 0.444. The average molecular weight is 530 g/mol. The molecule has 1 amide bonds. The number of benzene rings is 3. The van der Waals surface area contributed by atoms with E-state index in [0.29, 0.717) is 35.1 Å². The van der Waals surface area contributed by atoms with E-state index in [-0.39, 0.29) is 5.91 Å². The van der Waals surface area contributed by atoms with Crippen LogP contribution in [-0.4, -0.2) is 38.4 Å². The summed E-state index contributed by atoms with van der Waals surface area (Å²) < 4.78 is 5.41. The van der Waals surface area contributed by atoms with E-state index in [0.717, 1.165) is 43.1 Å². The molecule has 196 valence electrons. The Balaban J connectivity index is 1.23. The molecule has 4 N–H and O–H groups in total. The third-order valence-electron chi connectivity index (χ3n) is 6.05. The molecule has 1 fully saturated rings. The predicted molar refractivity (Wildman–Crippen MR) is 158 cm³/mol. The molecule has 1 heterocycles. The molecular formula is C30H32ClN5O2. The van der Waals surface area contributed by atoms with Gasteiger partial charge in [-0.1, -0.05) is 42.4 Å². The van der Waals surface area contributed by atoms with Gasteiger partial charge < -0.3 is 26.0 Å². The zero-order valence-electron chi connectivity index (χ0n) is 21.2. The normalized spacial score (nSPS) is 13.9. The molecule has 8 heteroatoms. The number of aryl methyl sites for hydroxylation is 1. The largest absolute Gasteiger partial charge is 0.398 e. The second-order valence-corrected chi connectivity index (χ2v) is 9.31. The lowest BCUT2D eigenvalue weighted by atomic mass is 10.1. The fourth-order valence-corrected chi connectivity index (χ4v) is 4.21. The number of anilines is 3. The number of halogens is 1. The topological polar surface area (TPSA) is 92.0 Å². The third kappa shape index (κ3) is 8.23. The minimum Gasteiger partial charge on any atom is -0.398 e. The van der Waals surface area contributed by atoms with Crippen LogP contribution in [0.2, 0.25) is 5.02 Å². The molecule has 4 rings (SSSR count). The zero-order chi connectivity index (χ0) is 26.7. The number of hydrogen-bond donors (Lipinski definition) is 3. The lowest BCUT2D eigenvalue weighted by Crippen LogP contribution is -2.36. The Morgan fingerprint density at radius 3 is 2.42 bits per heavy atom. The Hall–Kier alpha value is -4.07. The van der Waals surface area contributed by atoms with Crippen LogP contribution in [0.5, 0.6) is 0 Å². The first-order chi connectivity index (χ1) is 18.5. The lowest BCUT2D eigenvalue weighted by Gasteiger charge is -2.28. The number of aliphatic imine (C=N–C) groups is 1. The first-order valence-corrected chi connectivity index (χ1v) is 12.9. The Morgan fingerprint density at radius 2 is 1.71 bits per heavy atom. The van der Waals surface area contributed by atoms with Gasteiger partial charge in [0.1, 0.15) is 5.82 Å². The molecule has 0 radical (unpaired) electrons. The summed E-state index contributed by atoms with van der Waals surface area (Å²) in [6, 6.07) is 23.1. The lowest BCUT2D eigenvalue weighted by molar-refractivity contribution is -0.116. The van der Waals surface area contributed by atoms with Gasteiger partial charge in [0.25, 0.3) is 0 Å². The van der Waals surface area contributed by atoms with Gasteiger partial charge in [-0.2, -0.15) is 0 Å². The van der Waals surface area contributed by atoms with Crippen molar-refractivity contribution in [3.05, 3.63) is 107 Å². The van der Waals surface area contributed by atoms with Gasteiger partial charge >= 0.3 is 0 Å². The van der Waals surface area contributed by atoms with Crippen LogP contribution in [0.25, 0.3) is 5.70 Å². The molecule has 3 aromatic rings. The van der Waals surface area contributed by atoms with Gasteiger partial charge in [-0.15, -0.1) is 0 Å². The van der Waals surface area contributed by atoms with Gasteiger partial charge in [0.15, 0.2) is 0 Å². The van der Waals surface area contributed by atoms with Crippen molar-refractivity contribution in [2.45, 2.75) is 12.8 Å². The molecule has 38 heavy (non-hydrogen) atoms. The number of carbonyl (C=O) groups is 1.